The van der Waals surface area contributed by atoms with Gasteiger partial charge in [-0.2, -0.15) is 0 Å². The minimum atomic E-state index is 0. The van der Waals surface area contributed by atoms with Crippen LogP contribution in [0, 0.1) is 41.7 Å². The van der Waals surface area contributed by atoms with E-state index in [4.69, 9.17) is 0 Å². The number of halogens is 3. The van der Waals surface area contributed by atoms with Gasteiger partial charge in [-0.25, -0.2) is 0 Å². The van der Waals surface area contributed by atoms with E-state index in [0.29, 0.717) is 0 Å². The topological polar surface area (TPSA) is 0 Å². The average molecular weight is 383 g/mol. The van der Waals surface area contributed by atoms with Crippen molar-refractivity contribution in [3.63, 3.8) is 0 Å². The molecule has 0 nitrogen and oxygen atoms in total. The van der Waals surface area contributed by atoms with Gasteiger partial charge in [-0.3, -0.25) is 0 Å². The summed E-state index contributed by atoms with van der Waals surface area (Å²) in [4.78, 5) is 0. The second-order valence-electron chi connectivity index (χ2n) is 0. The quantitative estimate of drug-likeness (QED) is 0.598. The molecule has 0 atom stereocenters. The van der Waals surface area contributed by atoms with Gasteiger partial charge in [0.2, 0.25) is 0 Å². The van der Waals surface area contributed by atoms with E-state index in [1.165, 1.54) is 0 Å². The van der Waals surface area contributed by atoms with Crippen molar-refractivity contribution in [3.8, 4) is 0 Å². The van der Waals surface area contributed by atoms with Crippen molar-refractivity contribution < 1.29 is 41.7 Å². The molecule has 0 rings (SSSR count). The van der Waals surface area contributed by atoms with Gasteiger partial charge in [0.15, 0.2) is 0 Å². The fourth-order valence-electron chi connectivity index (χ4n) is 0. The van der Waals surface area contributed by atoms with Crippen LogP contribution in [0.5, 0.6) is 0 Å². The first-order chi connectivity index (χ1) is 0. The van der Waals surface area contributed by atoms with Gasteiger partial charge < -0.3 is 0 Å². The molecule has 0 heterocycles. The number of hydrogen-bond donors (Lipinski definition) is 0. The Bertz CT molecular complexity index is 3.25. The fourth-order valence-corrected chi connectivity index (χ4v) is 0. The van der Waals surface area contributed by atoms with Crippen LogP contribution in [0.4, 0.5) is 0 Å². The maximum atomic E-state index is 0. The van der Waals surface area contributed by atoms with Crippen molar-refractivity contribution in [3.05, 3.63) is 0 Å². The molecular formula is H3Br3Ce. The predicted octanol–water partition coefficient (Wildman–Crippen LogP) is 1.73. The summed E-state index contributed by atoms with van der Waals surface area (Å²) in [6.45, 7) is 0. The number of rotatable bonds is 0. The monoisotopic (exact) mass is 380 g/mol. The van der Waals surface area contributed by atoms with Crippen LogP contribution in [0.1, 0.15) is 0 Å². The van der Waals surface area contributed by atoms with E-state index in [2.05, 4.69) is 0 Å². The zero-order valence-electron chi connectivity index (χ0n) is 1.72. The second kappa shape index (κ2) is 17.0. The van der Waals surface area contributed by atoms with Crippen molar-refractivity contribution in [1.29, 1.82) is 0 Å². The molecule has 0 amide bonds. The van der Waals surface area contributed by atoms with Gasteiger partial charge in [0, 0.05) is 41.7 Å². The van der Waals surface area contributed by atoms with E-state index >= 15 is 0 Å². The molecule has 0 saturated heterocycles. The van der Waals surface area contributed by atoms with Crippen LogP contribution in [-0.2, 0) is 0 Å². The molecular weight excluding hydrogens is 380 g/mol. The van der Waals surface area contributed by atoms with Crippen LogP contribution in [-0.4, -0.2) is 0 Å². The summed E-state index contributed by atoms with van der Waals surface area (Å²) in [7, 11) is 0. The van der Waals surface area contributed by atoms with Crippen LogP contribution >= 0.6 is 50.9 Å². The summed E-state index contributed by atoms with van der Waals surface area (Å²) >= 11 is 0. The van der Waals surface area contributed by atoms with Crippen LogP contribution in [0.3, 0.4) is 0 Å². The molecule has 0 spiro atoms. The number of hydrogen-bond acceptors (Lipinski definition) is 0. The van der Waals surface area contributed by atoms with Crippen LogP contribution < -0.4 is 0 Å². The molecule has 0 aromatic carbocycles. The Kier molecular flexibility index (Phi) is 124. The summed E-state index contributed by atoms with van der Waals surface area (Å²) in [5.74, 6) is 0. The van der Waals surface area contributed by atoms with Crippen molar-refractivity contribution >= 4 is 50.9 Å². The minimum absolute atomic E-state index is 0. The molecule has 0 aliphatic carbocycles. The molecule has 4 heavy (non-hydrogen) atoms. The van der Waals surface area contributed by atoms with E-state index in [0.717, 1.165) is 0 Å². The van der Waals surface area contributed by atoms with Crippen molar-refractivity contribution in [1.82, 2.24) is 0 Å². The molecule has 0 unspecified atom stereocenters. The van der Waals surface area contributed by atoms with Gasteiger partial charge in [0.1, 0.15) is 0 Å². The third-order valence-electron chi connectivity index (χ3n) is 0. The first-order valence-electron chi connectivity index (χ1n) is 0. The average Bonchev–Trinajstić information content (AvgIpc) is 0. The van der Waals surface area contributed by atoms with Gasteiger partial charge in [0.05, 0.1) is 0 Å². The molecule has 0 radical (unpaired) electrons. The van der Waals surface area contributed by atoms with Gasteiger partial charge in [0.25, 0.3) is 0 Å². The Morgan fingerprint density at radius 3 is 0.500 bits per heavy atom. The van der Waals surface area contributed by atoms with Gasteiger partial charge in [-0.1, -0.05) is 0 Å². The molecule has 0 aliphatic heterocycles. The molecule has 0 bridgehead atoms. The Morgan fingerprint density at radius 2 is 0.500 bits per heavy atom. The molecule has 0 N–H and O–H groups in total. The van der Waals surface area contributed by atoms with E-state index in [1.54, 1.807) is 0 Å². The zero-order valence-corrected chi connectivity index (χ0v) is 10.0. The van der Waals surface area contributed by atoms with Crippen LogP contribution in [0.2, 0.25) is 0 Å². The summed E-state index contributed by atoms with van der Waals surface area (Å²) in [5.41, 5.74) is 0. The predicted molar refractivity (Wildman–Crippen MR) is 31.0 cm³/mol. The Labute approximate surface area is 90.8 Å². The van der Waals surface area contributed by atoms with Crippen LogP contribution in [0.25, 0.3) is 0 Å². The molecule has 28 valence electrons. The normalized spacial score (nSPS) is 0. The smallest absolute Gasteiger partial charge is 0 e. The third-order valence-corrected chi connectivity index (χ3v) is 0. The fraction of sp³-hybridized carbons (Fsp3) is 0. The van der Waals surface area contributed by atoms with E-state index in [1.807, 2.05) is 0 Å². The van der Waals surface area contributed by atoms with E-state index in [-0.39, 0.29) is 92.7 Å². The molecule has 0 fully saturated rings. The zero-order chi connectivity index (χ0) is 0. The van der Waals surface area contributed by atoms with Crippen LogP contribution in [0.15, 0.2) is 0 Å². The van der Waals surface area contributed by atoms with Crippen molar-refractivity contribution in [2.45, 2.75) is 0 Å². The molecule has 0 saturated carbocycles. The first kappa shape index (κ1) is 29.1. The Hall–Kier alpha value is 2.82. The standard InChI is InChI=1S/3BrH.Ce/h3*1H;. The van der Waals surface area contributed by atoms with Gasteiger partial charge >= 0.3 is 0 Å². The largest absolute Gasteiger partial charge is 0.114 e. The summed E-state index contributed by atoms with van der Waals surface area (Å²) in [5, 5.41) is 0. The molecule has 0 aromatic rings. The minimum Gasteiger partial charge on any atom is -0.114 e. The maximum Gasteiger partial charge on any atom is 0 e. The van der Waals surface area contributed by atoms with Crippen molar-refractivity contribution in [2.75, 3.05) is 0 Å². The summed E-state index contributed by atoms with van der Waals surface area (Å²) in [6, 6.07) is 0. The maximum absolute atomic E-state index is 0. The molecule has 0 aliphatic rings. The molecule has 0 aromatic heterocycles. The first-order valence-corrected chi connectivity index (χ1v) is 0. The van der Waals surface area contributed by atoms with Crippen molar-refractivity contribution in [2.24, 2.45) is 0 Å². The second-order valence-corrected chi connectivity index (χ2v) is 0. The molecule has 4 heteroatoms. The Morgan fingerprint density at radius 1 is 0.500 bits per heavy atom. The summed E-state index contributed by atoms with van der Waals surface area (Å²) < 4.78 is 0. The van der Waals surface area contributed by atoms with E-state index < -0.39 is 0 Å². The van der Waals surface area contributed by atoms with Gasteiger partial charge in [-0.05, 0) is 0 Å². The summed E-state index contributed by atoms with van der Waals surface area (Å²) in [6.07, 6.45) is 0. The van der Waals surface area contributed by atoms with E-state index in [9.17, 15) is 0 Å². The van der Waals surface area contributed by atoms with Gasteiger partial charge in [-0.15, -0.1) is 50.9 Å². The SMILES string of the molecule is Br.Br.Br.[Ce]. The Balaban J connectivity index is 0. The third kappa shape index (κ3) is 8.84.